The van der Waals surface area contributed by atoms with E-state index < -0.39 is 0 Å². The average molecular weight is 499 g/mol. The number of phenols is 3. The molecule has 3 aromatic rings. The quantitative estimate of drug-likeness (QED) is 0.306. The third-order valence-electron chi connectivity index (χ3n) is 9.92. The van der Waals surface area contributed by atoms with Gasteiger partial charge in [-0.1, -0.05) is 49.4 Å². The van der Waals surface area contributed by atoms with E-state index in [2.05, 4.69) is 23.6 Å². The van der Waals surface area contributed by atoms with Crippen LogP contribution in [0.3, 0.4) is 0 Å². The third-order valence-corrected chi connectivity index (χ3v) is 9.92. The van der Waals surface area contributed by atoms with Gasteiger partial charge >= 0.3 is 0 Å². The molecule has 2 fully saturated rings. The van der Waals surface area contributed by atoms with Crippen molar-refractivity contribution in [1.82, 2.24) is 10.6 Å². The van der Waals surface area contributed by atoms with Crippen LogP contribution < -0.4 is 10.6 Å². The Bertz CT molecular complexity index is 1280. The molecule has 0 saturated heterocycles. The molecule has 6 rings (SSSR count). The van der Waals surface area contributed by atoms with Gasteiger partial charge < -0.3 is 26.0 Å². The maximum absolute atomic E-state index is 10.4. The lowest BCUT2D eigenvalue weighted by Crippen LogP contribution is -2.60. The number of fused-ring (bicyclic) bond motifs is 5. The van der Waals surface area contributed by atoms with Gasteiger partial charge in [-0.3, -0.25) is 0 Å². The Balaban J connectivity index is 1.31. The molecule has 5 heteroatoms. The highest BCUT2D eigenvalue weighted by Crippen LogP contribution is 2.61. The molecule has 5 N–H and O–H groups in total. The lowest BCUT2D eigenvalue weighted by Gasteiger charge is -2.55. The highest BCUT2D eigenvalue weighted by molar-refractivity contribution is 5.41. The standard InChI is InChI=1S/C32H38N2O3/c1-32-27(14-15-30(32)33-18-21-6-2-4-8-28(21)36)25-12-10-20-16-23(35)11-13-24(20)26(25)17-31(32)34-19-22-7-3-5-9-29(22)37/h2-9,11,13,16,25-27,30-31,33-37H,10,12,14-15,17-19H2,1H3/t25-,26-,27+,30+,31+,32+/m1/s1. The van der Waals surface area contributed by atoms with Crippen LogP contribution in [-0.4, -0.2) is 27.4 Å². The molecule has 194 valence electrons. The molecular formula is C32H38N2O3. The van der Waals surface area contributed by atoms with E-state index in [9.17, 15) is 15.3 Å². The lowest BCUT2D eigenvalue weighted by atomic mass is 9.53. The number of benzene rings is 3. The van der Waals surface area contributed by atoms with Gasteiger partial charge in [0.2, 0.25) is 0 Å². The average Bonchev–Trinajstić information content (AvgIpc) is 3.24. The minimum atomic E-state index is 0.0460. The molecule has 0 bridgehead atoms. The predicted octanol–water partition coefficient (Wildman–Crippen LogP) is 5.59. The molecule has 5 nitrogen and oxygen atoms in total. The number of para-hydroxylation sites is 2. The first-order valence-electron chi connectivity index (χ1n) is 13.8. The van der Waals surface area contributed by atoms with Crippen LogP contribution in [0, 0.1) is 17.3 Å². The zero-order valence-electron chi connectivity index (χ0n) is 21.5. The van der Waals surface area contributed by atoms with E-state index in [1.807, 2.05) is 48.5 Å². The fourth-order valence-corrected chi connectivity index (χ4v) is 8.03. The van der Waals surface area contributed by atoms with Gasteiger partial charge in [0.25, 0.3) is 0 Å². The summed E-state index contributed by atoms with van der Waals surface area (Å²) in [5, 5.41) is 38.6. The summed E-state index contributed by atoms with van der Waals surface area (Å²) in [7, 11) is 0. The fraction of sp³-hybridized carbons (Fsp3) is 0.438. The number of phenolic OH excluding ortho intramolecular Hbond substituents is 3. The first-order chi connectivity index (χ1) is 17.9. The largest absolute Gasteiger partial charge is 0.508 e. The molecule has 3 aliphatic rings. The number of hydrogen-bond acceptors (Lipinski definition) is 5. The molecule has 37 heavy (non-hydrogen) atoms. The molecule has 0 amide bonds. The second kappa shape index (κ2) is 9.70. The monoisotopic (exact) mass is 498 g/mol. The lowest BCUT2D eigenvalue weighted by molar-refractivity contribution is 0.00434. The molecule has 2 saturated carbocycles. The van der Waals surface area contributed by atoms with Gasteiger partial charge in [0.05, 0.1) is 0 Å². The van der Waals surface area contributed by atoms with Crippen molar-refractivity contribution in [3.63, 3.8) is 0 Å². The van der Waals surface area contributed by atoms with E-state index in [4.69, 9.17) is 0 Å². The maximum atomic E-state index is 10.4. The van der Waals surface area contributed by atoms with Crippen molar-refractivity contribution in [2.75, 3.05) is 0 Å². The normalized spacial score (nSPS) is 30.4. The van der Waals surface area contributed by atoms with Gasteiger partial charge in [-0.2, -0.15) is 0 Å². The van der Waals surface area contributed by atoms with Gasteiger partial charge in [-0.05, 0) is 85.3 Å². The summed E-state index contributed by atoms with van der Waals surface area (Å²) >= 11 is 0. The number of nitrogens with one attached hydrogen (secondary N) is 2. The van der Waals surface area contributed by atoms with Crippen LogP contribution in [0.5, 0.6) is 17.2 Å². The zero-order chi connectivity index (χ0) is 25.6. The highest BCUT2D eigenvalue weighted by atomic mass is 16.3. The number of aromatic hydroxyl groups is 3. The van der Waals surface area contributed by atoms with Crippen molar-refractivity contribution >= 4 is 0 Å². The molecule has 0 aliphatic heterocycles. The second-order valence-corrected chi connectivity index (χ2v) is 11.6. The summed E-state index contributed by atoms with van der Waals surface area (Å²) in [6.45, 7) is 3.76. The Labute approximate surface area is 219 Å². The van der Waals surface area contributed by atoms with Crippen molar-refractivity contribution in [1.29, 1.82) is 0 Å². The summed E-state index contributed by atoms with van der Waals surface area (Å²) in [6, 6.07) is 21.8. The molecular weight excluding hydrogens is 460 g/mol. The second-order valence-electron chi connectivity index (χ2n) is 11.6. The number of rotatable bonds is 6. The van der Waals surface area contributed by atoms with E-state index in [-0.39, 0.29) is 11.5 Å². The van der Waals surface area contributed by atoms with Gasteiger partial charge in [0.1, 0.15) is 17.2 Å². The smallest absolute Gasteiger partial charge is 0.120 e. The van der Waals surface area contributed by atoms with Crippen LogP contribution >= 0.6 is 0 Å². The van der Waals surface area contributed by atoms with Gasteiger partial charge in [0, 0.05) is 41.7 Å². The summed E-state index contributed by atoms with van der Waals surface area (Å²) < 4.78 is 0. The Kier molecular flexibility index (Phi) is 6.37. The first kappa shape index (κ1) is 24.3. The van der Waals surface area contributed by atoms with Crippen molar-refractivity contribution in [2.24, 2.45) is 17.3 Å². The van der Waals surface area contributed by atoms with E-state index in [1.54, 1.807) is 12.1 Å². The highest BCUT2D eigenvalue weighted by Gasteiger charge is 2.59. The fourth-order valence-electron chi connectivity index (χ4n) is 8.03. The van der Waals surface area contributed by atoms with E-state index in [0.29, 0.717) is 54.1 Å². The summed E-state index contributed by atoms with van der Waals surface area (Å²) in [4.78, 5) is 0. The molecule has 0 radical (unpaired) electrons. The van der Waals surface area contributed by atoms with Gasteiger partial charge in [-0.15, -0.1) is 0 Å². The van der Waals surface area contributed by atoms with Crippen molar-refractivity contribution in [3.8, 4) is 17.2 Å². The Morgan fingerprint density at radius 3 is 2.11 bits per heavy atom. The SMILES string of the molecule is C[C@@]12[C@@H](NCc3ccccc3O)CC[C@H]1[C@@H]1CCc3cc(O)ccc3[C@H]1C[C@@H]2NCc1ccccc1O. The van der Waals surface area contributed by atoms with Crippen molar-refractivity contribution in [3.05, 3.63) is 89.0 Å². The van der Waals surface area contributed by atoms with Gasteiger partial charge in [-0.25, -0.2) is 0 Å². The van der Waals surface area contributed by atoms with E-state index >= 15 is 0 Å². The Morgan fingerprint density at radius 1 is 0.784 bits per heavy atom. The van der Waals surface area contributed by atoms with Crippen LogP contribution in [0.2, 0.25) is 0 Å². The Morgan fingerprint density at radius 2 is 1.43 bits per heavy atom. The topological polar surface area (TPSA) is 84.8 Å². The Hall–Kier alpha value is -3.02. The van der Waals surface area contributed by atoms with Crippen LogP contribution in [-0.2, 0) is 19.5 Å². The molecule has 0 aromatic heterocycles. The van der Waals surface area contributed by atoms with E-state index in [0.717, 1.165) is 30.4 Å². The van der Waals surface area contributed by atoms with Crippen LogP contribution in [0.25, 0.3) is 0 Å². The van der Waals surface area contributed by atoms with Crippen molar-refractivity contribution < 1.29 is 15.3 Å². The van der Waals surface area contributed by atoms with Crippen molar-refractivity contribution in [2.45, 2.75) is 70.1 Å². The van der Waals surface area contributed by atoms with Crippen LogP contribution in [0.15, 0.2) is 66.7 Å². The molecule has 0 spiro atoms. The summed E-state index contributed by atoms with van der Waals surface area (Å²) in [6.07, 6.45) is 5.55. The summed E-state index contributed by atoms with van der Waals surface area (Å²) in [5.41, 5.74) is 4.63. The first-order valence-corrected chi connectivity index (χ1v) is 13.8. The zero-order valence-corrected chi connectivity index (χ0v) is 21.5. The van der Waals surface area contributed by atoms with E-state index in [1.165, 1.54) is 24.0 Å². The maximum Gasteiger partial charge on any atom is 0.120 e. The minimum absolute atomic E-state index is 0.0460. The summed E-state index contributed by atoms with van der Waals surface area (Å²) in [5.74, 6) is 2.73. The van der Waals surface area contributed by atoms with Crippen LogP contribution in [0.4, 0.5) is 0 Å². The molecule has 3 aromatic carbocycles. The number of hydrogen-bond donors (Lipinski definition) is 5. The molecule has 0 heterocycles. The predicted molar refractivity (Wildman–Crippen MR) is 146 cm³/mol. The number of aryl methyl sites for hydroxylation is 1. The van der Waals surface area contributed by atoms with Crippen LogP contribution in [0.1, 0.15) is 60.8 Å². The molecule has 6 atom stereocenters. The molecule has 0 unspecified atom stereocenters. The minimum Gasteiger partial charge on any atom is -0.508 e. The van der Waals surface area contributed by atoms with Gasteiger partial charge in [0.15, 0.2) is 0 Å². The third kappa shape index (κ3) is 4.28. The molecule has 3 aliphatic carbocycles.